The lowest BCUT2D eigenvalue weighted by Crippen LogP contribution is -2.07. The SMILES string of the molecule is CC(C)CCCOP(=S)(OC(C)C)SCc1c(F)c(F)c(F)c(F)c1F. The molecule has 10 heteroatoms. The molecule has 1 rings (SSSR count). The van der Waals surface area contributed by atoms with Crippen LogP contribution in [0.25, 0.3) is 0 Å². The fourth-order valence-corrected chi connectivity index (χ4v) is 6.77. The van der Waals surface area contributed by atoms with Gasteiger partial charge < -0.3 is 9.05 Å². The molecule has 0 radical (unpaired) electrons. The predicted octanol–water partition coefficient (Wildman–Crippen LogP) is 6.72. The largest absolute Gasteiger partial charge is 0.322 e. The standard InChI is InChI=1S/C16H22F5O2PS2/c1-9(2)6-5-7-22-24(25,23-10(3)4)26-8-11-12(17)14(19)16(21)15(20)13(11)18/h9-10H,5-8H2,1-4H3. The van der Waals surface area contributed by atoms with Crippen LogP contribution < -0.4 is 0 Å². The first kappa shape index (κ1) is 23.8. The molecular weight excluding hydrogens is 414 g/mol. The average Bonchev–Trinajstić information content (AvgIpc) is 2.54. The minimum Gasteiger partial charge on any atom is -0.322 e. The minimum absolute atomic E-state index is 0.298. The minimum atomic E-state index is -3.00. The van der Waals surface area contributed by atoms with E-state index in [0.717, 1.165) is 24.2 Å². The molecular formula is C16H22F5O2PS2. The molecule has 0 bridgehead atoms. The number of hydrogen-bond donors (Lipinski definition) is 0. The van der Waals surface area contributed by atoms with Gasteiger partial charge in [-0.3, -0.25) is 0 Å². The number of benzene rings is 1. The average molecular weight is 436 g/mol. The van der Waals surface area contributed by atoms with Gasteiger partial charge in [0.15, 0.2) is 23.3 Å². The van der Waals surface area contributed by atoms with Crippen molar-refractivity contribution in [2.24, 2.45) is 5.92 Å². The summed E-state index contributed by atoms with van der Waals surface area (Å²) in [6, 6.07) is 0. The van der Waals surface area contributed by atoms with Crippen molar-refractivity contribution < 1.29 is 31.0 Å². The first-order valence-electron chi connectivity index (χ1n) is 8.06. The Bertz CT molecular complexity index is 642. The second-order valence-electron chi connectivity index (χ2n) is 6.29. The molecule has 0 aliphatic heterocycles. The summed E-state index contributed by atoms with van der Waals surface area (Å²) >= 11 is 6.12. The molecule has 1 aromatic carbocycles. The van der Waals surface area contributed by atoms with E-state index in [-0.39, 0.29) is 6.10 Å². The Morgan fingerprint density at radius 3 is 1.88 bits per heavy atom. The van der Waals surface area contributed by atoms with Crippen LogP contribution in [0.3, 0.4) is 0 Å². The smallest absolute Gasteiger partial charge is 0.247 e. The van der Waals surface area contributed by atoms with Crippen LogP contribution in [0.1, 0.15) is 46.1 Å². The Balaban J connectivity index is 2.92. The Hall–Kier alpha value is -0.210. The van der Waals surface area contributed by atoms with Gasteiger partial charge in [0, 0.05) is 11.3 Å². The van der Waals surface area contributed by atoms with E-state index in [1.54, 1.807) is 13.8 Å². The first-order valence-corrected chi connectivity index (χ1v) is 12.3. The van der Waals surface area contributed by atoms with E-state index in [0.29, 0.717) is 12.5 Å². The molecule has 1 aromatic rings. The van der Waals surface area contributed by atoms with Crippen LogP contribution in [0.4, 0.5) is 22.0 Å². The summed E-state index contributed by atoms with van der Waals surface area (Å²) in [5.74, 6) is -9.93. The van der Waals surface area contributed by atoms with E-state index in [9.17, 15) is 22.0 Å². The van der Waals surface area contributed by atoms with Gasteiger partial charge in [-0.1, -0.05) is 25.2 Å². The Labute approximate surface area is 159 Å². The van der Waals surface area contributed by atoms with Gasteiger partial charge in [0.2, 0.25) is 11.5 Å². The zero-order valence-electron chi connectivity index (χ0n) is 15.0. The molecule has 0 aliphatic rings. The van der Waals surface area contributed by atoms with Crippen molar-refractivity contribution in [2.45, 2.75) is 52.4 Å². The van der Waals surface area contributed by atoms with Crippen molar-refractivity contribution in [3.05, 3.63) is 34.6 Å². The predicted molar refractivity (Wildman–Crippen MR) is 98.1 cm³/mol. The summed E-state index contributed by atoms with van der Waals surface area (Å²) < 4.78 is 78.6. The molecule has 0 N–H and O–H groups in total. The summed E-state index contributed by atoms with van der Waals surface area (Å²) in [7, 11) is 0. The van der Waals surface area contributed by atoms with Crippen molar-refractivity contribution in [3.63, 3.8) is 0 Å². The molecule has 0 saturated heterocycles. The van der Waals surface area contributed by atoms with Crippen LogP contribution in [0.15, 0.2) is 0 Å². The third kappa shape index (κ3) is 6.75. The second-order valence-corrected chi connectivity index (χ2v) is 12.6. The molecule has 1 unspecified atom stereocenters. The fraction of sp³-hybridized carbons (Fsp3) is 0.625. The lowest BCUT2D eigenvalue weighted by Gasteiger charge is -2.24. The Kier molecular flexibility index (Phi) is 9.50. The van der Waals surface area contributed by atoms with Crippen LogP contribution in [0, 0.1) is 35.0 Å². The van der Waals surface area contributed by atoms with Crippen molar-refractivity contribution in [1.82, 2.24) is 0 Å². The maximum Gasteiger partial charge on any atom is 0.247 e. The van der Waals surface area contributed by atoms with Crippen molar-refractivity contribution >= 4 is 28.9 Å². The summed E-state index contributed by atoms with van der Waals surface area (Å²) in [6.07, 6.45) is 1.31. The fourth-order valence-electron chi connectivity index (χ4n) is 1.94. The third-order valence-corrected chi connectivity index (χ3v) is 8.53. The summed E-state index contributed by atoms with van der Waals surface area (Å²) in [6.45, 7) is 7.85. The molecule has 0 heterocycles. The lowest BCUT2D eigenvalue weighted by molar-refractivity contribution is 0.211. The first-order chi connectivity index (χ1) is 12.0. The van der Waals surface area contributed by atoms with E-state index in [1.165, 1.54) is 0 Å². The maximum atomic E-state index is 13.8. The molecule has 2 nitrogen and oxygen atoms in total. The highest BCUT2D eigenvalue weighted by atomic mass is 32.9. The Morgan fingerprint density at radius 2 is 1.42 bits per heavy atom. The van der Waals surface area contributed by atoms with E-state index >= 15 is 0 Å². The van der Waals surface area contributed by atoms with Crippen molar-refractivity contribution in [2.75, 3.05) is 6.61 Å². The van der Waals surface area contributed by atoms with Crippen LogP contribution >= 0.6 is 17.1 Å². The van der Waals surface area contributed by atoms with E-state index in [4.69, 9.17) is 20.9 Å². The van der Waals surface area contributed by atoms with Gasteiger partial charge in [0.05, 0.1) is 12.7 Å². The van der Waals surface area contributed by atoms with Gasteiger partial charge >= 0.3 is 0 Å². The highest BCUT2D eigenvalue weighted by molar-refractivity contribution is 8.67. The topological polar surface area (TPSA) is 18.5 Å². The zero-order chi connectivity index (χ0) is 20.1. The summed E-state index contributed by atoms with van der Waals surface area (Å²) in [5, 5.41) is 0. The highest BCUT2D eigenvalue weighted by Gasteiger charge is 2.29. The second kappa shape index (κ2) is 10.4. The Morgan fingerprint density at radius 1 is 0.923 bits per heavy atom. The van der Waals surface area contributed by atoms with Crippen LogP contribution in [0.2, 0.25) is 0 Å². The molecule has 150 valence electrons. The van der Waals surface area contributed by atoms with Gasteiger partial charge in [-0.05, 0) is 44.4 Å². The highest BCUT2D eigenvalue weighted by Crippen LogP contribution is 2.63. The van der Waals surface area contributed by atoms with Crippen LogP contribution in [0.5, 0.6) is 0 Å². The number of hydrogen-bond acceptors (Lipinski definition) is 4. The van der Waals surface area contributed by atoms with Crippen LogP contribution in [-0.4, -0.2) is 12.7 Å². The van der Waals surface area contributed by atoms with Crippen molar-refractivity contribution in [3.8, 4) is 0 Å². The van der Waals surface area contributed by atoms with Gasteiger partial charge in [-0.15, -0.1) is 0 Å². The number of rotatable bonds is 10. The van der Waals surface area contributed by atoms with Crippen LogP contribution in [-0.2, 0) is 26.6 Å². The van der Waals surface area contributed by atoms with Gasteiger partial charge in [0.25, 0.3) is 0 Å². The lowest BCUT2D eigenvalue weighted by atomic mass is 10.1. The van der Waals surface area contributed by atoms with Gasteiger partial charge in [0.1, 0.15) is 0 Å². The molecule has 0 aliphatic carbocycles. The van der Waals surface area contributed by atoms with Gasteiger partial charge in [-0.2, -0.15) is 0 Å². The van der Waals surface area contributed by atoms with E-state index in [2.05, 4.69) is 13.8 Å². The molecule has 1 atom stereocenters. The maximum absolute atomic E-state index is 13.8. The molecule has 0 fully saturated rings. The monoisotopic (exact) mass is 436 g/mol. The molecule has 0 spiro atoms. The molecule has 26 heavy (non-hydrogen) atoms. The quantitative estimate of drug-likeness (QED) is 0.133. The third-order valence-electron chi connectivity index (χ3n) is 3.18. The summed E-state index contributed by atoms with van der Waals surface area (Å²) in [4.78, 5) is 0. The van der Waals surface area contributed by atoms with E-state index in [1.807, 2.05) is 0 Å². The molecule has 0 amide bonds. The van der Waals surface area contributed by atoms with Crippen molar-refractivity contribution in [1.29, 1.82) is 0 Å². The van der Waals surface area contributed by atoms with E-state index < -0.39 is 46.1 Å². The molecule has 0 aromatic heterocycles. The number of halogens is 5. The van der Waals surface area contributed by atoms with Gasteiger partial charge in [-0.25, -0.2) is 22.0 Å². The zero-order valence-corrected chi connectivity index (χ0v) is 17.5. The molecule has 0 saturated carbocycles. The summed E-state index contributed by atoms with van der Waals surface area (Å²) in [5.41, 5.74) is -3.94. The normalized spacial score (nSPS) is 14.3.